The topological polar surface area (TPSA) is 50.1 Å². The van der Waals surface area contributed by atoms with Crippen molar-refractivity contribution in [1.82, 2.24) is 24.6 Å². The lowest BCUT2D eigenvalue weighted by Crippen LogP contribution is -2.46. The summed E-state index contributed by atoms with van der Waals surface area (Å²) in [4.78, 5) is 13.2. The Balaban J connectivity index is 1.39. The first-order valence-corrected chi connectivity index (χ1v) is 9.50. The molecule has 4 rings (SSSR count). The van der Waals surface area contributed by atoms with Gasteiger partial charge in [0.25, 0.3) is 0 Å². The van der Waals surface area contributed by atoms with E-state index < -0.39 is 12.7 Å². The van der Waals surface area contributed by atoms with Gasteiger partial charge in [-0.25, -0.2) is 9.37 Å². The van der Waals surface area contributed by atoms with Gasteiger partial charge in [0.2, 0.25) is 0 Å². The molecular weight excluding hydrogens is 400 g/mol. The average Bonchev–Trinajstić information content (AvgIpc) is 3.14. The van der Waals surface area contributed by atoms with Gasteiger partial charge in [-0.1, -0.05) is 0 Å². The number of halogens is 4. The maximum atomic E-state index is 13.2. The maximum absolute atomic E-state index is 13.2. The number of hydrogen-bond acceptors (Lipinski definition) is 5. The SMILES string of the molecule is Fc1ccc(-c2nccnc2N2CCN(Cc3cnn(CC(F)(F)F)c3)CC2)cc1. The smallest absolute Gasteiger partial charge is 0.352 e. The first-order chi connectivity index (χ1) is 14.4. The molecule has 0 atom stereocenters. The Bertz CT molecular complexity index is 977. The number of hydrogen-bond donors (Lipinski definition) is 0. The van der Waals surface area contributed by atoms with Gasteiger partial charge in [0.1, 0.15) is 18.1 Å². The van der Waals surface area contributed by atoms with E-state index in [4.69, 9.17) is 0 Å². The van der Waals surface area contributed by atoms with E-state index in [1.54, 1.807) is 24.5 Å². The molecule has 0 aliphatic carbocycles. The molecule has 0 amide bonds. The molecule has 1 aliphatic heterocycles. The monoisotopic (exact) mass is 420 g/mol. The van der Waals surface area contributed by atoms with Gasteiger partial charge in [-0.15, -0.1) is 0 Å². The van der Waals surface area contributed by atoms with Crippen molar-refractivity contribution in [3.63, 3.8) is 0 Å². The molecular formula is C20H20F4N6. The molecule has 1 aromatic carbocycles. The molecule has 3 heterocycles. The highest BCUT2D eigenvalue weighted by molar-refractivity contribution is 5.72. The molecule has 0 saturated carbocycles. The van der Waals surface area contributed by atoms with Gasteiger partial charge < -0.3 is 4.90 Å². The van der Waals surface area contributed by atoms with Crippen molar-refractivity contribution in [3.05, 3.63) is 60.4 Å². The summed E-state index contributed by atoms with van der Waals surface area (Å²) in [5.74, 6) is 0.429. The highest BCUT2D eigenvalue weighted by Crippen LogP contribution is 2.27. The van der Waals surface area contributed by atoms with Gasteiger partial charge in [-0.05, 0) is 24.3 Å². The molecule has 10 heteroatoms. The average molecular weight is 420 g/mol. The fraction of sp³-hybridized carbons (Fsp3) is 0.350. The van der Waals surface area contributed by atoms with Gasteiger partial charge in [0.05, 0.1) is 6.20 Å². The van der Waals surface area contributed by atoms with Crippen molar-refractivity contribution in [2.75, 3.05) is 31.1 Å². The molecule has 0 N–H and O–H groups in total. The molecule has 3 aromatic rings. The van der Waals surface area contributed by atoms with Gasteiger partial charge in [0.15, 0.2) is 5.82 Å². The number of rotatable bonds is 5. The van der Waals surface area contributed by atoms with Crippen LogP contribution < -0.4 is 4.90 Å². The first-order valence-electron chi connectivity index (χ1n) is 9.50. The summed E-state index contributed by atoms with van der Waals surface area (Å²) in [6.07, 6.45) is 1.87. The normalized spacial score (nSPS) is 15.5. The minimum absolute atomic E-state index is 0.309. The van der Waals surface area contributed by atoms with Gasteiger partial charge >= 0.3 is 6.18 Å². The van der Waals surface area contributed by atoms with Crippen LogP contribution in [0.1, 0.15) is 5.56 Å². The van der Waals surface area contributed by atoms with Crippen LogP contribution >= 0.6 is 0 Å². The number of benzene rings is 1. The quantitative estimate of drug-likeness (QED) is 0.593. The number of anilines is 1. The summed E-state index contributed by atoms with van der Waals surface area (Å²) in [6.45, 7) is 2.30. The molecule has 2 aromatic heterocycles. The molecule has 0 bridgehead atoms. The zero-order valence-corrected chi connectivity index (χ0v) is 16.1. The van der Waals surface area contributed by atoms with Crippen LogP contribution in [0.25, 0.3) is 11.3 Å². The number of aromatic nitrogens is 4. The number of nitrogens with zero attached hydrogens (tertiary/aromatic N) is 6. The predicted octanol–water partition coefficient (Wildman–Crippen LogP) is 3.36. The number of alkyl halides is 3. The molecule has 158 valence electrons. The first kappa shape index (κ1) is 20.3. The summed E-state index contributed by atoms with van der Waals surface area (Å²) >= 11 is 0. The third-order valence-corrected chi connectivity index (χ3v) is 4.90. The van der Waals surface area contributed by atoms with E-state index in [1.165, 1.54) is 24.5 Å². The predicted molar refractivity (Wildman–Crippen MR) is 103 cm³/mol. The van der Waals surface area contributed by atoms with Crippen LogP contribution in [-0.2, 0) is 13.1 Å². The lowest BCUT2D eigenvalue weighted by atomic mass is 10.1. The van der Waals surface area contributed by atoms with Crippen molar-refractivity contribution >= 4 is 5.82 Å². The molecule has 30 heavy (non-hydrogen) atoms. The van der Waals surface area contributed by atoms with E-state index in [1.807, 2.05) is 0 Å². The molecule has 0 radical (unpaired) electrons. The summed E-state index contributed by atoms with van der Waals surface area (Å²) < 4.78 is 51.6. The second-order valence-corrected chi connectivity index (χ2v) is 7.16. The highest BCUT2D eigenvalue weighted by atomic mass is 19.4. The van der Waals surface area contributed by atoms with E-state index >= 15 is 0 Å². The Morgan fingerprint density at radius 3 is 2.33 bits per heavy atom. The molecule has 1 fully saturated rings. The van der Waals surface area contributed by atoms with Gasteiger partial charge in [-0.2, -0.15) is 18.3 Å². The van der Waals surface area contributed by atoms with Crippen LogP contribution in [0, 0.1) is 5.82 Å². The van der Waals surface area contributed by atoms with Crippen LogP contribution in [0.4, 0.5) is 23.4 Å². The third-order valence-electron chi connectivity index (χ3n) is 4.90. The van der Waals surface area contributed by atoms with Crippen molar-refractivity contribution in [3.8, 4) is 11.3 Å². The maximum Gasteiger partial charge on any atom is 0.408 e. The summed E-state index contributed by atoms with van der Waals surface area (Å²) in [5.41, 5.74) is 2.23. The van der Waals surface area contributed by atoms with E-state index in [0.717, 1.165) is 34.7 Å². The Hall–Kier alpha value is -3.01. The van der Waals surface area contributed by atoms with Crippen LogP contribution in [0.15, 0.2) is 49.1 Å². The summed E-state index contributed by atoms with van der Waals surface area (Å²) in [5, 5.41) is 3.80. The van der Waals surface area contributed by atoms with Crippen LogP contribution in [0.2, 0.25) is 0 Å². The molecule has 0 unspecified atom stereocenters. The zero-order chi connectivity index (χ0) is 21.1. The Morgan fingerprint density at radius 1 is 0.933 bits per heavy atom. The highest BCUT2D eigenvalue weighted by Gasteiger charge is 2.28. The largest absolute Gasteiger partial charge is 0.408 e. The van der Waals surface area contributed by atoms with Gasteiger partial charge in [0, 0.05) is 62.4 Å². The minimum Gasteiger partial charge on any atom is -0.352 e. The number of piperazine rings is 1. The molecule has 0 spiro atoms. The van der Waals surface area contributed by atoms with Gasteiger partial charge in [-0.3, -0.25) is 14.6 Å². The van der Waals surface area contributed by atoms with E-state index in [-0.39, 0.29) is 5.82 Å². The standard InChI is InChI=1S/C20H20F4N6/c21-17-3-1-16(2-4-17)18-19(26-6-5-25-18)29-9-7-28(8-10-29)12-15-11-27-30(13-15)14-20(22,23)24/h1-6,11,13H,7-10,12,14H2. The van der Waals surface area contributed by atoms with Crippen molar-refractivity contribution in [1.29, 1.82) is 0 Å². The van der Waals surface area contributed by atoms with E-state index in [9.17, 15) is 17.6 Å². The van der Waals surface area contributed by atoms with Crippen molar-refractivity contribution in [2.45, 2.75) is 19.3 Å². The lowest BCUT2D eigenvalue weighted by molar-refractivity contribution is -0.142. The van der Waals surface area contributed by atoms with E-state index in [2.05, 4.69) is 24.9 Å². The third kappa shape index (κ3) is 4.93. The van der Waals surface area contributed by atoms with Crippen LogP contribution in [0.3, 0.4) is 0 Å². The zero-order valence-electron chi connectivity index (χ0n) is 16.1. The lowest BCUT2D eigenvalue weighted by Gasteiger charge is -2.35. The van der Waals surface area contributed by atoms with Crippen LogP contribution in [0.5, 0.6) is 0 Å². The molecule has 1 aliphatic rings. The minimum atomic E-state index is -4.28. The summed E-state index contributed by atoms with van der Waals surface area (Å²) in [6, 6.07) is 6.14. The van der Waals surface area contributed by atoms with Crippen molar-refractivity contribution in [2.24, 2.45) is 0 Å². The van der Waals surface area contributed by atoms with Crippen LogP contribution in [-0.4, -0.2) is 57.0 Å². The molecule has 6 nitrogen and oxygen atoms in total. The fourth-order valence-electron chi connectivity index (χ4n) is 3.51. The second-order valence-electron chi connectivity index (χ2n) is 7.16. The molecule has 1 saturated heterocycles. The fourth-order valence-corrected chi connectivity index (χ4v) is 3.51. The Kier molecular flexibility index (Phi) is 5.67. The Labute approximate surface area is 170 Å². The van der Waals surface area contributed by atoms with E-state index in [0.29, 0.717) is 25.3 Å². The second kappa shape index (κ2) is 8.39. The summed E-state index contributed by atoms with van der Waals surface area (Å²) in [7, 11) is 0. The Morgan fingerprint density at radius 2 is 1.63 bits per heavy atom. The van der Waals surface area contributed by atoms with Crippen molar-refractivity contribution < 1.29 is 17.6 Å².